The number of halogens is 3. The van der Waals surface area contributed by atoms with Gasteiger partial charge in [0.15, 0.2) is 6.61 Å². The molecule has 0 aromatic heterocycles. The fourth-order valence-corrected chi connectivity index (χ4v) is 2.85. The molecule has 178 valence electrons. The molecule has 0 heterocycles. The van der Waals surface area contributed by atoms with Crippen LogP contribution in [0, 0.1) is 12.8 Å². The third kappa shape index (κ3) is 8.47. The monoisotopic (exact) mass is 466 g/mol. The van der Waals surface area contributed by atoms with Crippen LogP contribution in [0.15, 0.2) is 48.5 Å². The van der Waals surface area contributed by atoms with Crippen LogP contribution in [0.5, 0.6) is 5.75 Å². The van der Waals surface area contributed by atoms with Gasteiger partial charge in [0, 0.05) is 17.7 Å². The summed E-state index contributed by atoms with van der Waals surface area (Å²) in [5.74, 6) is -2.75. The Morgan fingerprint density at radius 1 is 1.03 bits per heavy atom. The van der Waals surface area contributed by atoms with Crippen LogP contribution in [0.3, 0.4) is 0 Å². The summed E-state index contributed by atoms with van der Waals surface area (Å²) in [5.41, 5.74) is 1.36. The van der Waals surface area contributed by atoms with Gasteiger partial charge < -0.3 is 20.1 Å². The SMILES string of the molecule is Cc1cccc(C(=O)N[C@H](C(=O)OCC(=O)NCc2ccccc2OC(F)(F)F)C(C)C)c1. The number of hydrogen-bond acceptors (Lipinski definition) is 5. The van der Waals surface area contributed by atoms with Gasteiger partial charge in [-0.15, -0.1) is 13.2 Å². The van der Waals surface area contributed by atoms with Crippen LogP contribution in [0.2, 0.25) is 0 Å². The highest BCUT2D eigenvalue weighted by Gasteiger charge is 2.32. The molecule has 0 saturated heterocycles. The number of carbonyl (C=O) groups excluding carboxylic acids is 3. The molecule has 10 heteroatoms. The smallest absolute Gasteiger partial charge is 0.454 e. The molecule has 0 unspecified atom stereocenters. The van der Waals surface area contributed by atoms with E-state index in [0.717, 1.165) is 11.6 Å². The quantitative estimate of drug-likeness (QED) is 0.552. The Morgan fingerprint density at radius 2 is 1.73 bits per heavy atom. The van der Waals surface area contributed by atoms with E-state index < -0.39 is 42.5 Å². The van der Waals surface area contributed by atoms with Crippen LogP contribution in [0.25, 0.3) is 0 Å². The van der Waals surface area contributed by atoms with Crippen LogP contribution in [-0.4, -0.2) is 36.8 Å². The molecule has 2 amide bonds. The molecular weight excluding hydrogens is 441 g/mol. The van der Waals surface area contributed by atoms with Crippen molar-refractivity contribution in [3.63, 3.8) is 0 Å². The van der Waals surface area contributed by atoms with Crippen LogP contribution in [-0.2, 0) is 20.9 Å². The Morgan fingerprint density at radius 3 is 2.36 bits per heavy atom. The lowest BCUT2D eigenvalue weighted by Crippen LogP contribution is -2.46. The Labute approximate surface area is 189 Å². The molecule has 0 aliphatic heterocycles. The molecule has 2 N–H and O–H groups in total. The Hall–Kier alpha value is -3.56. The van der Waals surface area contributed by atoms with E-state index in [-0.39, 0.29) is 18.0 Å². The number of para-hydroxylation sites is 1. The zero-order valence-electron chi connectivity index (χ0n) is 18.4. The second-order valence-corrected chi connectivity index (χ2v) is 7.60. The van der Waals surface area contributed by atoms with Crippen molar-refractivity contribution in [2.75, 3.05) is 6.61 Å². The average molecular weight is 466 g/mol. The van der Waals surface area contributed by atoms with Gasteiger partial charge in [0.1, 0.15) is 11.8 Å². The molecule has 0 spiro atoms. The summed E-state index contributed by atoms with van der Waals surface area (Å²) < 4.78 is 46.4. The van der Waals surface area contributed by atoms with Crippen molar-refractivity contribution >= 4 is 17.8 Å². The van der Waals surface area contributed by atoms with E-state index in [1.807, 2.05) is 13.0 Å². The number of nitrogens with one attached hydrogen (secondary N) is 2. The van der Waals surface area contributed by atoms with Crippen LogP contribution in [0.1, 0.15) is 35.3 Å². The van der Waals surface area contributed by atoms with Gasteiger partial charge in [-0.25, -0.2) is 4.79 Å². The summed E-state index contributed by atoms with van der Waals surface area (Å²) in [4.78, 5) is 37.0. The van der Waals surface area contributed by atoms with E-state index in [9.17, 15) is 27.6 Å². The highest BCUT2D eigenvalue weighted by Crippen LogP contribution is 2.26. The molecule has 2 aromatic carbocycles. The predicted molar refractivity (Wildman–Crippen MR) is 113 cm³/mol. The minimum atomic E-state index is -4.87. The minimum Gasteiger partial charge on any atom is -0.454 e. The third-order valence-electron chi connectivity index (χ3n) is 4.51. The first-order chi connectivity index (χ1) is 15.5. The normalized spacial score (nSPS) is 12.1. The largest absolute Gasteiger partial charge is 0.573 e. The highest BCUT2D eigenvalue weighted by atomic mass is 19.4. The average Bonchev–Trinajstić information content (AvgIpc) is 2.73. The summed E-state index contributed by atoms with van der Waals surface area (Å²) in [7, 11) is 0. The molecule has 33 heavy (non-hydrogen) atoms. The maximum absolute atomic E-state index is 12.5. The summed E-state index contributed by atoms with van der Waals surface area (Å²) in [6.07, 6.45) is -4.87. The second kappa shape index (κ2) is 11.3. The van der Waals surface area contributed by atoms with Gasteiger partial charge in [0.25, 0.3) is 11.8 Å². The molecule has 0 saturated carbocycles. The van der Waals surface area contributed by atoms with Gasteiger partial charge in [-0.1, -0.05) is 49.7 Å². The summed E-state index contributed by atoms with van der Waals surface area (Å²) in [6.45, 7) is 4.32. The van der Waals surface area contributed by atoms with Crippen molar-refractivity contribution in [3.8, 4) is 5.75 Å². The van der Waals surface area contributed by atoms with Crippen LogP contribution in [0.4, 0.5) is 13.2 Å². The Kier molecular flexibility index (Phi) is 8.84. The van der Waals surface area contributed by atoms with E-state index in [1.165, 1.54) is 18.2 Å². The number of amides is 2. The number of aryl methyl sites for hydroxylation is 1. The molecule has 0 radical (unpaired) electrons. The number of benzene rings is 2. The molecule has 0 fully saturated rings. The van der Waals surface area contributed by atoms with Crippen LogP contribution >= 0.6 is 0 Å². The zero-order valence-corrected chi connectivity index (χ0v) is 18.4. The highest BCUT2D eigenvalue weighted by molar-refractivity contribution is 5.97. The molecular formula is C23H25F3N2O5. The lowest BCUT2D eigenvalue weighted by molar-refractivity contribution is -0.274. The summed E-state index contributed by atoms with van der Waals surface area (Å²) in [6, 6.07) is 11.2. The number of hydrogen-bond donors (Lipinski definition) is 2. The van der Waals surface area contributed by atoms with E-state index in [2.05, 4.69) is 15.4 Å². The van der Waals surface area contributed by atoms with Crippen molar-refractivity contribution in [2.24, 2.45) is 5.92 Å². The lowest BCUT2D eigenvalue weighted by atomic mass is 10.0. The van der Waals surface area contributed by atoms with E-state index in [0.29, 0.717) is 5.56 Å². The lowest BCUT2D eigenvalue weighted by Gasteiger charge is -2.21. The summed E-state index contributed by atoms with van der Waals surface area (Å²) >= 11 is 0. The Bertz CT molecular complexity index is 992. The number of ether oxygens (including phenoxy) is 2. The van der Waals surface area contributed by atoms with Gasteiger partial charge in [-0.2, -0.15) is 0 Å². The van der Waals surface area contributed by atoms with Crippen molar-refractivity contribution in [2.45, 2.75) is 39.7 Å². The van der Waals surface area contributed by atoms with Gasteiger partial charge in [-0.3, -0.25) is 9.59 Å². The van der Waals surface area contributed by atoms with E-state index >= 15 is 0 Å². The number of esters is 1. The predicted octanol–water partition coefficient (Wildman–Crippen LogP) is 3.51. The maximum Gasteiger partial charge on any atom is 0.573 e. The first-order valence-corrected chi connectivity index (χ1v) is 10.1. The number of carbonyl (C=O) groups is 3. The van der Waals surface area contributed by atoms with Crippen molar-refractivity contribution in [1.82, 2.24) is 10.6 Å². The van der Waals surface area contributed by atoms with Crippen molar-refractivity contribution in [1.29, 1.82) is 0 Å². The fraction of sp³-hybridized carbons (Fsp3) is 0.348. The standard InChI is InChI=1S/C23H25F3N2O5/c1-14(2)20(28-21(30)16-9-6-7-15(3)11-16)22(31)32-13-19(29)27-12-17-8-4-5-10-18(17)33-23(24,25)26/h4-11,14,20H,12-13H2,1-3H3,(H,27,29)(H,28,30)/t20-/m0/s1. The number of alkyl halides is 3. The van der Waals surface area contributed by atoms with Crippen molar-refractivity contribution in [3.05, 3.63) is 65.2 Å². The fourth-order valence-electron chi connectivity index (χ4n) is 2.85. The van der Waals surface area contributed by atoms with Gasteiger partial charge in [-0.05, 0) is 31.0 Å². The molecule has 0 aliphatic rings. The molecule has 7 nitrogen and oxygen atoms in total. The third-order valence-corrected chi connectivity index (χ3v) is 4.51. The molecule has 0 bridgehead atoms. The molecule has 0 aliphatic carbocycles. The first-order valence-electron chi connectivity index (χ1n) is 10.1. The number of rotatable bonds is 9. The van der Waals surface area contributed by atoms with E-state index in [4.69, 9.17) is 4.74 Å². The van der Waals surface area contributed by atoms with Gasteiger partial charge >= 0.3 is 12.3 Å². The zero-order chi connectivity index (χ0) is 24.6. The van der Waals surface area contributed by atoms with Gasteiger partial charge in [0.2, 0.25) is 0 Å². The van der Waals surface area contributed by atoms with E-state index in [1.54, 1.807) is 32.0 Å². The molecule has 2 rings (SSSR count). The first kappa shape index (κ1) is 25.7. The van der Waals surface area contributed by atoms with Crippen LogP contribution < -0.4 is 15.4 Å². The Balaban J connectivity index is 1.90. The summed E-state index contributed by atoms with van der Waals surface area (Å²) in [5, 5.41) is 4.97. The second-order valence-electron chi connectivity index (χ2n) is 7.60. The minimum absolute atomic E-state index is 0.0972. The van der Waals surface area contributed by atoms with Crippen molar-refractivity contribution < 1.29 is 37.0 Å². The molecule has 2 aromatic rings. The maximum atomic E-state index is 12.5. The molecule has 1 atom stereocenters. The van der Waals surface area contributed by atoms with Gasteiger partial charge in [0.05, 0.1) is 0 Å². The topological polar surface area (TPSA) is 93.7 Å².